The molecule has 2 aromatic rings. The molecule has 1 aromatic heterocycles. The molecular formula is C13H13N3O2. The standard InChI is InChI=1S/C13H13N3O2/c17-12(18)7-13(4-5-13)10-2-1-3-11(6-10)16-9-14-8-15-16/h1-3,6,8-9H,4-5,7H2,(H,17,18). The van der Waals surface area contributed by atoms with Gasteiger partial charge in [0, 0.05) is 5.41 Å². The van der Waals surface area contributed by atoms with E-state index in [0.29, 0.717) is 0 Å². The van der Waals surface area contributed by atoms with E-state index < -0.39 is 5.97 Å². The first-order chi connectivity index (χ1) is 8.70. The zero-order valence-electron chi connectivity index (χ0n) is 9.78. The minimum absolute atomic E-state index is 0.164. The predicted octanol–water partition coefficient (Wildman–Crippen LogP) is 1.77. The molecule has 0 atom stereocenters. The second kappa shape index (κ2) is 3.94. The van der Waals surface area contributed by atoms with Crippen molar-refractivity contribution in [3.63, 3.8) is 0 Å². The number of hydrogen-bond donors (Lipinski definition) is 1. The quantitative estimate of drug-likeness (QED) is 0.888. The van der Waals surface area contributed by atoms with Crippen LogP contribution in [0.4, 0.5) is 0 Å². The highest BCUT2D eigenvalue weighted by molar-refractivity contribution is 5.70. The maximum Gasteiger partial charge on any atom is 0.304 e. The van der Waals surface area contributed by atoms with Crippen LogP contribution in [0, 0.1) is 0 Å². The summed E-state index contributed by atoms with van der Waals surface area (Å²) in [4.78, 5) is 14.8. The molecule has 0 aliphatic heterocycles. The Hall–Kier alpha value is -2.17. The summed E-state index contributed by atoms with van der Waals surface area (Å²) in [6.07, 6.45) is 5.21. The number of nitrogens with zero attached hydrogens (tertiary/aromatic N) is 3. The summed E-state index contributed by atoms with van der Waals surface area (Å²) in [7, 11) is 0. The summed E-state index contributed by atoms with van der Waals surface area (Å²) in [5, 5.41) is 13.1. The second-order valence-corrected chi connectivity index (χ2v) is 4.74. The van der Waals surface area contributed by atoms with E-state index in [0.717, 1.165) is 24.1 Å². The lowest BCUT2D eigenvalue weighted by Gasteiger charge is -2.14. The van der Waals surface area contributed by atoms with Gasteiger partial charge in [0.1, 0.15) is 12.7 Å². The molecule has 5 nitrogen and oxygen atoms in total. The Kier molecular flexibility index (Phi) is 2.40. The van der Waals surface area contributed by atoms with E-state index >= 15 is 0 Å². The van der Waals surface area contributed by atoms with Gasteiger partial charge in [0.25, 0.3) is 0 Å². The Morgan fingerprint density at radius 3 is 2.89 bits per heavy atom. The van der Waals surface area contributed by atoms with Crippen molar-refractivity contribution in [2.45, 2.75) is 24.7 Å². The van der Waals surface area contributed by atoms with Crippen LogP contribution in [-0.4, -0.2) is 25.8 Å². The molecule has 1 aliphatic rings. The van der Waals surface area contributed by atoms with Crippen LogP contribution < -0.4 is 0 Å². The summed E-state index contributed by atoms with van der Waals surface area (Å²) in [5.41, 5.74) is 1.84. The third-order valence-electron chi connectivity index (χ3n) is 3.48. The lowest BCUT2D eigenvalue weighted by molar-refractivity contribution is -0.137. The first-order valence-electron chi connectivity index (χ1n) is 5.87. The van der Waals surface area contributed by atoms with Crippen molar-refractivity contribution in [2.75, 3.05) is 0 Å². The van der Waals surface area contributed by atoms with E-state index in [1.165, 1.54) is 6.33 Å². The highest BCUT2D eigenvalue weighted by Gasteiger charge is 2.46. The highest BCUT2D eigenvalue weighted by Crippen LogP contribution is 2.51. The molecule has 1 aliphatic carbocycles. The number of carbonyl (C=O) groups is 1. The molecule has 0 radical (unpaired) electrons. The minimum Gasteiger partial charge on any atom is -0.481 e. The Morgan fingerprint density at radius 1 is 1.44 bits per heavy atom. The number of aliphatic carboxylic acids is 1. The maximum absolute atomic E-state index is 10.9. The van der Waals surface area contributed by atoms with E-state index in [4.69, 9.17) is 5.11 Å². The lowest BCUT2D eigenvalue weighted by atomic mass is 9.92. The summed E-state index contributed by atoms with van der Waals surface area (Å²) in [5.74, 6) is -0.737. The first-order valence-corrected chi connectivity index (χ1v) is 5.87. The molecule has 1 fully saturated rings. The smallest absolute Gasteiger partial charge is 0.304 e. The van der Waals surface area contributed by atoms with Gasteiger partial charge in [-0.15, -0.1) is 0 Å². The second-order valence-electron chi connectivity index (χ2n) is 4.74. The number of benzene rings is 1. The molecule has 3 rings (SSSR count). The fraction of sp³-hybridized carbons (Fsp3) is 0.308. The van der Waals surface area contributed by atoms with Crippen LogP contribution in [0.25, 0.3) is 5.69 Å². The summed E-state index contributed by atoms with van der Waals surface area (Å²) < 4.78 is 1.68. The zero-order valence-corrected chi connectivity index (χ0v) is 9.78. The predicted molar refractivity (Wildman–Crippen MR) is 64.5 cm³/mol. The molecule has 18 heavy (non-hydrogen) atoms. The van der Waals surface area contributed by atoms with Crippen LogP contribution in [0.15, 0.2) is 36.9 Å². The molecule has 0 saturated heterocycles. The summed E-state index contributed by atoms with van der Waals surface area (Å²) >= 11 is 0. The van der Waals surface area contributed by atoms with Gasteiger partial charge in [0.15, 0.2) is 0 Å². The highest BCUT2D eigenvalue weighted by atomic mass is 16.4. The molecule has 1 heterocycles. The van der Waals surface area contributed by atoms with E-state index in [1.807, 2.05) is 24.3 Å². The van der Waals surface area contributed by atoms with Gasteiger partial charge in [-0.1, -0.05) is 12.1 Å². The fourth-order valence-corrected chi connectivity index (χ4v) is 2.33. The molecule has 0 unspecified atom stereocenters. The van der Waals surface area contributed by atoms with Gasteiger partial charge in [-0.05, 0) is 30.5 Å². The van der Waals surface area contributed by atoms with Crippen molar-refractivity contribution in [2.24, 2.45) is 0 Å². The Labute approximate surface area is 104 Å². The summed E-state index contributed by atoms with van der Waals surface area (Å²) in [6, 6.07) is 7.88. The van der Waals surface area contributed by atoms with Crippen molar-refractivity contribution >= 4 is 5.97 Å². The van der Waals surface area contributed by atoms with Crippen LogP contribution in [0.5, 0.6) is 0 Å². The van der Waals surface area contributed by atoms with Crippen LogP contribution >= 0.6 is 0 Å². The lowest BCUT2D eigenvalue weighted by Crippen LogP contribution is -2.13. The molecule has 92 valence electrons. The molecule has 0 bridgehead atoms. The molecule has 1 saturated carbocycles. The number of hydrogen-bond acceptors (Lipinski definition) is 3. The monoisotopic (exact) mass is 243 g/mol. The van der Waals surface area contributed by atoms with Gasteiger partial charge in [-0.25, -0.2) is 9.67 Å². The van der Waals surface area contributed by atoms with Gasteiger partial charge in [0.05, 0.1) is 12.1 Å². The molecule has 1 aromatic carbocycles. The van der Waals surface area contributed by atoms with Gasteiger partial charge in [-0.2, -0.15) is 5.10 Å². The normalized spacial score (nSPS) is 16.4. The van der Waals surface area contributed by atoms with Gasteiger partial charge < -0.3 is 5.11 Å². The van der Waals surface area contributed by atoms with Crippen molar-refractivity contribution in [1.29, 1.82) is 0 Å². The third kappa shape index (κ3) is 1.88. The molecule has 1 N–H and O–H groups in total. The van der Waals surface area contributed by atoms with Crippen molar-refractivity contribution in [3.05, 3.63) is 42.5 Å². The van der Waals surface area contributed by atoms with Gasteiger partial charge in [0.2, 0.25) is 0 Å². The first kappa shape index (κ1) is 11.0. The molecule has 0 amide bonds. The van der Waals surface area contributed by atoms with E-state index in [2.05, 4.69) is 10.1 Å². The van der Waals surface area contributed by atoms with E-state index in [1.54, 1.807) is 11.0 Å². The van der Waals surface area contributed by atoms with Crippen molar-refractivity contribution in [3.8, 4) is 5.69 Å². The van der Waals surface area contributed by atoms with Gasteiger partial charge >= 0.3 is 5.97 Å². The average Bonchev–Trinajstić information content (AvgIpc) is 2.93. The summed E-state index contributed by atoms with van der Waals surface area (Å²) in [6.45, 7) is 0. The topological polar surface area (TPSA) is 68.0 Å². The van der Waals surface area contributed by atoms with Crippen LogP contribution in [0.2, 0.25) is 0 Å². The minimum atomic E-state index is -0.737. The fourth-order valence-electron chi connectivity index (χ4n) is 2.33. The zero-order chi connectivity index (χ0) is 12.6. The number of carboxylic acids is 1. The molecule has 5 heteroatoms. The third-order valence-corrected chi connectivity index (χ3v) is 3.48. The van der Waals surface area contributed by atoms with Crippen LogP contribution in [0.3, 0.4) is 0 Å². The SMILES string of the molecule is O=C(O)CC1(c2cccc(-n3cncn3)c2)CC1. The van der Waals surface area contributed by atoms with Crippen molar-refractivity contribution in [1.82, 2.24) is 14.8 Å². The average molecular weight is 243 g/mol. The van der Waals surface area contributed by atoms with Gasteiger partial charge in [-0.3, -0.25) is 4.79 Å². The Morgan fingerprint density at radius 2 is 2.28 bits per heavy atom. The Bertz CT molecular complexity index is 574. The van der Waals surface area contributed by atoms with Crippen LogP contribution in [0.1, 0.15) is 24.8 Å². The van der Waals surface area contributed by atoms with E-state index in [9.17, 15) is 4.79 Å². The van der Waals surface area contributed by atoms with Crippen LogP contribution in [-0.2, 0) is 10.2 Å². The number of carboxylic acid groups (broad SMARTS) is 1. The molecular weight excluding hydrogens is 230 g/mol. The van der Waals surface area contributed by atoms with E-state index in [-0.39, 0.29) is 11.8 Å². The maximum atomic E-state index is 10.9. The Balaban J connectivity index is 1.95. The number of rotatable bonds is 4. The molecule has 0 spiro atoms. The largest absolute Gasteiger partial charge is 0.481 e. The van der Waals surface area contributed by atoms with Crippen molar-refractivity contribution < 1.29 is 9.90 Å². The number of aromatic nitrogens is 3.